The Bertz CT molecular complexity index is 1050. The molecule has 31 heavy (non-hydrogen) atoms. The molecule has 0 bridgehead atoms. The minimum absolute atomic E-state index is 0. The number of nitrogens with zero attached hydrogens (tertiary/aromatic N) is 4. The zero-order valence-corrected chi connectivity index (χ0v) is 21.6. The summed E-state index contributed by atoms with van der Waals surface area (Å²) in [7, 11) is 2.09. The van der Waals surface area contributed by atoms with E-state index in [1.165, 1.54) is 11.3 Å². The topological polar surface area (TPSA) is 57.1 Å². The molecule has 2 N–H and O–H groups in total. The first-order chi connectivity index (χ1) is 14.1. The molecule has 8 heteroatoms. The van der Waals surface area contributed by atoms with E-state index in [9.17, 15) is 0 Å². The Kier molecular flexibility index (Phi) is 11.2. The average Bonchev–Trinajstić information content (AvgIpc) is 3.05. The molecule has 0 atom stereocenters. The highest BCUT2D eigenvalue weighted by Gasteiger charge is 2.12. The maximum absolute atomic E-state index is 4.31. The fourth-order valence-electron chi connectivity index (χ4n) is 3.06. The van der Waals surface area contributed by atoms with E-state index in [4.69, 9.17) is 0 Å². The minimum atomic E-state index is 0. The number of aromatic nitrogens is 2. The molecule has 0 saturated heterocycles. The van der Waals surface area contributed by atoms with Crippen LogP contribution in [0.5, 0.6) is 0 Å². The van der Waals surface area contributed by atoms with Crippen molar-refractivity contribution < 1.29 is 21.5 Å². The Hall–Kier alpha value is -2.45. The number of pyridine rings is 1. The number of benzene rings is 1. The van der Waals surface area contributed by atoms with Crippen molar-refractivity contribution >= 4 is 47.0 Å². The second-order valence-corrected chi connectivity index (χ2v) is 6.73. The van der Waals surface area contributed by atoms with Crippen LogP contribution in [0.4, 0.5) is 0 Å². The number of hydrogen-bond acceptors (Lipinski definition) is 2. The molecule has 0 spiro atoms. The second-order valence-electron chi connectivity index (χ2n) is 6.73. The summed E-state index contributed by atoms with van der Waals surface area (Å²) in [6, 6.07) is 14.6. The highest BCUT2D eigenvalue weighted by atomic mass is 79.9. The zero-order valence-electron chi connectivity index (χ0n) is 18.3. The van der Waals surface area contributed by atoms with Gasteiger partial charge < -0.3 is 22.3 Å². The lowest BCUT2D eigenvalue weighted by molar-refractivity contribution is -0.646. The summed E-state index contributed by atoms with van der Waals surface area (Å²) in [5.74, 6) is 0.689. The summed E-state index contributed by atoms with van der Waals surface area (Å²) in [6.07, 6.45) is 8.22. The van der Waals surface area contributed by atoms with Crippen molar-refractivity contribution in [2.45, 2.75) is 20.8 Å². The SMILES string of the molecule is Br.CCN=C(NCC)N/N=C/c1ccc(/C=C/c2cn3c(C)cccc3[n+]2C)cc1.[Br-]. The molecule has 0 aliphatic carbocycles. The van der Waals surface area contributed by atoms with Crippen molar-refractivity contribution in [1.29, 1.82) is 0 Å². The number of hydrogen-bond donors (Lipinski definition) is 2. The van der Waals surface area contributed by atoms with E-state index < -0.39 is 0 Å². The number of fused-ring (bicyclic) bond motifs is 1. The van der Waals surface area contributed by atoms with Crippen LogP contribution < -0.4 is 32.3 Å². The number of aryl methyl sites for hydroxylation is 2. The molecule has 0 saturated carbocycles. The van der Waals surface area contributed by atoms with Crippen LogP contribution >= 0.6 is 17.0 Å². The average molecular weight is 550 g/mol. The van der Waals surface area contributed by atoms with Gasteiger partial charge in [-0.05, 0) is 44.0 Å². The van der Waals surface area contributed by atoms with Crippen molar-refractivity contribution in [3.63, 3.8) is 0 Å². The summed E-state index contributed by atoms with van der Waals surface area (Å²) in [6.45, 7) is 7.65. The Morgan fingerprint density at radius 3 is 2.42 bits per heavy atom. The van der Waals surface area contributed by atoms with E-state index in [1.807, 2.05) is 13.8 Å². The first-order valence-electron chi connectivity index (χ1n) is 9.94. The highest BCUT2D eigenvalue weighted by Crippen LogP contribution is 2.10. The van der Waals surface area contributed by atoms with Crippen LogP contribution in [0.15, 0.2) is 58.8 Å². The maximum atomic E-state index is 4.31. The number of halogens is 2. The molecule has 166 valence electrons. The highest BCUT2D eigenvalue weighted by molar-refractivity contribution is 8.93. The summed E-state index contributed by atoms with van der Waals surface area (Å²) < 4.78 is 4.39. The van der Waals surface area contributed by atoms with Gasteiger partial charge in [-0.1, -0.05) is 36.4 Å². The predicted octanol–water partition coefficient (Wildman–Crippen LogP) is 0.733. The van der Waals surface area contributed by atoms with Gasteiger partial charge in [0.2, 0.25) is 5.96 Å². The molecule has 0 aliphatic heterocycles. The van der Waals surface area contributed by atoms with E-state index in [0.29, 0.717) is 12.5 Å². The number of rotatable bonds is 6. The van der Waals surface area contributed by atoms with Crippen molar-refractivity contribution in [3.05, 3.63) is 71.2 Å². The van der Waals surface area contributed by atoms with Gasteiger partial charge in [-0.3, -0.25) is 4.99 Å². The maximum Gasteiger partial charge on any atom is 0.286 e. The van der Waals surface area contributed by atoms with Crippen LogP contribution in [0.3, 0.4) is 0 Å². The normalized spacial score (nSPS) is 11.5. The predicted molar refractivity (Wildman–Crippen MR) is 131 cm³/mol. The molecule has 2 heterocycles. The Labute approximate surface area is 205 Å². The van der Waals surface area contributed by atoms with Gasteiger partial charge in [0.15, 0.2) is 5.69 Å². The number of imidazole rings is 1. The van der Waals surface area contributed by atoms with Gasteiger partial charge in [0.1, 0.15) is 11.9 Å². The Morgan fingerprint density at radius 2 is 1.77 bits per heavy atom. The van der Waals surface area contributed by atoms with Crippen LogP contribution in [0, 0.1) is 6.92 Å². The van der Waals surface area contributed by atoms with Crippen LogP contribution in [-0.2, 0) is 7.05 Å². The van der Waals surface area contributed by atoms with Gasteiger partial charge in [0, 0.05) is 19.2 Å². The molecular weight excluding hydrogens is 520 g/mol. The van der Waals surface area contributed by atoms with Crippen molar-refractivity contribution in [2.24, 2.45) is 17.1 Å². The van der Waals surface area contributed by atoms with E-state index in [1.54, 1.807) is 6.21 Å². The molecule has 0 unspecified atom stereocenters. The molecular formula is C23H30Br2N6. The molecule has 0 amide bonds. The molecule has 3 rings (SSSR count). The summed E-state index contributed by atoms with van der Waals surface area (Å²) in [5.41, 5.74) is 8.66. The lowest BCUT2D eigenvalue weighted by Gasteiger charge is -2.05. The summed E-state index contributed by atoms with van der Waals surface area (Å²) >= 11 is 0. The molecule has 6 nitrogen and oxygen atoms in total. The van der Waals surface area contributed by atoms with Gasteiger partial charge in [0.05, 0.1) is 13.3 Å². The second kappa shape index (κ2) is 13.1. The van der Waals surface area contributed by atoms with Crippen LogP contribution in [0.1, 0.15) is 36.4 Å². The van der Waals surface area contributed by atoms with Crippen LogP contribution in [0.2, 0.25) is 0 Å². The van der Waals surface area contributed by atoms with E-state index >= 15 is 0 Å². The van der Waals surface area contributed by atoms with Gasteiger partial charge in [-0.2, -0.15) is 9.50 Å². The summed E-state index contributed by atoms with van der Waals surface area (Å²) in [4.78, 5) is 4.31. The lowest BCUT2D eigenvalue weighted by Crippen LogP contribution is -3.00. The van der Waals surface area contributed by atoms with E-state index in [2.05, 4.69) is 105 Å². The quantitative estimate of drug-likeness (QED) is 0.206. The van der Waals surface area contributed by atoms with E-state index in [-0.39, 0.29) is 34.0 Å². The molecule has 2 aromatic heterocycles. The smallest absolute Gasteiger partial charge is 0.286 e. The number of aliphatic imine (C=N–C) groups is 1. The van der Waals surface area contributed by atoms with Gasteiger partial charge in [0.25, 0.3) is 5.65 Å². The van der Waals surface area contributed by atoms with Crippen LogP contribution in [0.25, 0.3) is 17.8 Å². The number of guanidine groups is 1. The third kappa shape index (κ3) is 7.04. The molecule has 0 radical (unpaired) electrons. The van der Waals surface area contributed by atoms with Gasteiger partial charge in [-0.15, -0.1) is 17.0 Å². The monoisotopic (exact) mass is 548 g/mol. The standard InChI is InChI=1S/C23H29N6.2BrH/c1-5-24-23(25-6-2)27-26-16-20-12-10-19(11-13-20)14-15-21-17-29-18(3)8-7-9-22(29)28(21)4;;/h7-17H,5-6H2,1-4H3,(H2,24,25,27);2*1H/q+1;;/p-1/b15-14+,26-16+;;. The molecule has 1 aromatic carbocycles. The van der Waals surface area contributed by atoms with Gasteiger partial charge in [-0.25, -0.2) is 9.99 Å². The minimum Gasteiger partial charge on any atom is -1.00 e. The number of nitrogens with one attached hydrogen (secondary N) is 2. The molecule has 0 fully saturated rings. The largest absolute Gasteiger partial charge is 1.00 e. The first kappa shape index (κ1) is 26.6. The Morgan fingerprint density at radius 1 is 1.06 bits per heavy atom. The number of hydrazone groups is 1. The van der Waals surface area contributed by atoms with Crippen molar-refractivity contribution in [2.75, 3.05) is 13.1 Å². The van der Waals surface area contributed by atoms with E-state index in [0.717, 1.165) is 23.4 Å². The van der Waals surface area contributed by atoms with Crippen molar-refractivity contribution in [1.82, 2.24) is 15.1 Å². The summed E-state index contributed by atoms with van der Waals surface area (Å²) in [5, 5.41) is 7.40. The fraction of sp³-hybridized carbons (Fsp3) is 0.261. The third-order valence-corrected chi connectivity index (χ3v) is 4.63. The van der Waals surface area contributed by atoms with Crippen molar-refractivity contribution in [3.8, 4) is 0 Å². The third-order valence-electron chi connectivity index (χ3n) is 4.63. The van der Waals surface area contributed by atoms with Crippen LogP contribution in [-0.4, -0.2) is 29.7 Å². The fourth-order valence-corrected chi connectivity index (χ4v) is 3.06. The Balaban J connectivity index is 0.00000240. The zero-order chi connectivity index (χ0) is 20.6. The molecule has 3 aromatic rings. The first-order valence-corrected chi connectivity index (χ1v) is 9.94. The molecule has 0 aliphatic rings. The van der Waals surface area contributed by atoms with Gasteiger partial charge >= 0.3 is 0 Å². The lowest BCUT2D eigenvalue weighted by atomic mass is 10.1.